The maximum atomic E-state index is 10.9. The third kappa shape index (κ3) is 2.51. The van der Waals surface area contributed by atoms with Crippen LogP contribution in [0.3, 0.4) is 0 Å². The molecule has 0 saturated carbocycles. The molecule has 0 bridgehead atoms. The summed E-state index contributed by atoms with van der Waals surface area (Å²) in [5.41, 5.74) is 2.75. The molecular weight excluding hydrogens is 250 g/mol. The molecule has 2 rings (SSSR count). The third-order valence-electron chi connectivity index (χ3n) is 2.95. The lowest BCUT2D eigenvalue weighted by molar-refractivity contribution is -0.385. The van der Waals surface area contributed by atoms with Gasteiger partial charge in [-0.05, 0) is 30.5 Å². The van der Waals surface area contributed by atoms with E-state index in [1.807, 2.05) is 30.3 Å². The Morgan fingerprint density at radius 1 is 1.11 bits per heavy atom. The number of halogens is 1. The van der Waals surface area contributed by atoms with Crippen molar-refractivity contribution in [2.75, 3.05) is 0 Å². The Morgan fingerprint density at radius 2 is 1.78 bits per heavy atom. The van der Waals surface area contributed by atoms with E-state index in [1.165, 1.54) is 6.07 Å². The molecule has 0 aliphatic carbocycles. The lowest BCUT2D eigenvalue weighted by Crippen LogP contribution is -1.97. The zero-order chi connectivity index (χ0) is 13.1. The summed E-state index contributed by atoms with van der Waals surface area (Å²) in [5.74, 6) is 0. The molecule has 4 heteroatoms. The number of hydrogen-bond acceptors (Lipinski definition) is 2. The van der Waals surface area contributed by atoms with Crippen molar-refractivity contribution in [3.8, 4) is 0 Å². The number of hydrogen-bond donors (Lipinski definition) is 0. The van der Waals surface area contributed by atoms with Gasteiger partial charge in [-0.25, -0.2) is 0 Å². The fraction of sp³-hybridized carbons (Fsp3) is 0.143. The number of nitro groups is 1. The van der Waals surface area contributed by atoms with Gasteiger partial charge in [0.2, 0.25) is 0 Å². The van der Waals surface area contributed by atoms with Gasteiger partial charge in [-0.2, -0.15) is 0 Å². The van der Waals surface area contributed by atoms with E-state index in [4.69, 9.17) is 11.6 Å². The molecule has 0 aliphatic heterocycles. The van der Waals surface area contributed by atoms with E-state index in [-0.39, 0.29) is 10.6 Å². The van der Waals surface area contributed by atoms with Gasteiger partial charge in [0.05, 0.1) is 4.92 Å². The summed E-state index contributed by atoms with van der Waals surface area (Å²) >= 11 is 6.09. The molecule has 92 valence electrons. The fourth-order valence-electron chi connectivity index (χ4n) is 1.91. The van der Waals surface area contributed by atoms with Crippen LogP contribution in [0.1, 0.15) is 16.7 Å². The number of nitrogens with zero attached hydrogens (tertiary/aromatic N) is 1. The largest absolute Gasteiger partial charge is 0.272 e. The van der Waals surface area contributed by atoms with Crippen LogP contribution in [0, 0.1) is 17.0 Å². The van der Waals surface area contributed by atoms with Crippen LogP contribution in [-0.4, -0.2) is 4.92 Å². The summed E-state index contributed by atoms with van der Waals surface area (Å²) in [6.07, 6.45) is 0.604. The Labute approximate surface area is 110 Å². The maximum Gasteiger partial charge on any atom is 0.272 e. The molecule has 0 heterocycles. The Hall–Kier alpha value is -1.87. The molecule has 18 heavy (non-hydrogen) atoms. The predicted molar refractivity (Wildman–Crippen MR) is 72.1 cm³/mol. The highest BCUT2D eigenvalue weighted by atomic mass is 35.5. The van der Waals surface area contributed by atoms with Gasteiger partial charge in [0.1, 0.15) is 0 Å². The van der Waals surface area contributed by atoms with Crippen LogP contribution in [-0.2, 0) is 6.42 Å². The average Bonchev–Trinajstić information content (AvgIpc) is 2.34. The third-order valence-corrected chi connectivity index (χ3v) is 3.32. The van der Waals surface area contributed by atoms with Gasteiger partial charge < -0.3 is 0 Å². The molecular formula is C14H12ClNO2. The lowest BCUT2D eigenvalue weighted by atomic mass is 9.99. The van der Waals surface area contributed by atoms with E-state index in [9.17, 15) is 10.1 Å². The minimum absolute atomic E-state index is 0.152. The van der Waals surface area contributed by atoms with E-state index >= 15 is 0 Å². The minimum Gasteiger partial charge on any atom is -0.258 e. The van der Waals surface area contributed by atoms with Crippen LogP contribution in [0.5, 0.6) is 0 Å². The van der Waals surface area contributed by atoms with E-state index in [0.717, 1.165) is 11.1 Å². The Kier molecular flexibility index (Phi) is 3.63. The summed E-state index contributed by atoms with van der Waals surface area (Å²) in [7, 11) is 0. The van der Waals surface area contributed by atoms with E-state index in [2.05, 4.69) is 0 Å². The van der Waals surface area contributed by atoms with E-state index in [0.29, 0.717) is 17.0 Å². The first-order valence-electron chi connectivity index (χ1n) is 5.56. The molecule has 0 saturated heterocycles. The molecule has 0 unspecified atom stereocenters. The molecule has 2 aromatic carbocycles. The predicted octanol–water partition coefficient (Wildman–Crippen LogP) is 4.15. The SMILES string of the molecule is Cc1c(Cc2ccccc2Cl)cccc1[N+](=O)[O-]. The van der Waals surface area contributed by atoms with Gasteiger partial charge in [0.25, 0.3) is 5.69 Å². The molecule has 0 spiro atoms. The first-order chi connectivity index (χ1) is 8.59. The Bertz CT molecular complexity index is 596. The second-order valence-corrected chi connectivity index (χ2v) is 4.49. The summed E-state index contributed by atoms with van der Waals surface area (Å²) in [6.45, 7) is 1.77. The van der Waals surface area contributed by atoms with Crippen LogP contribution in [0.2, 0.25) is 5.02 Å². The van der Waals surface area contributed by atoms with Gasteiger partial charge in [0, 0.05) is 16.7 Å². The van der Waals surface area contributed by atoms with Crippen molar-refractivity contribution in [3.63, 3.8) is 0 Å². The molecule has 0 aliphatic rings. The van der Waals surface area contributed by atoms with Crippen molar-refractivity contribution in [2.24, 2.45) is 0 Å². The van der Waals surface area contributed by atoms with E-state index in [1.54, 1.807) is 13.0 Å². The van der Waals surface area contributed by atoms with Gasteiger partial charge in [0.15, 0.2) is 0 Å². The van der Waals surface area contributed by atoms with Gasteiger partial charge >= 0.3 is 0 Å². The topological polar surface area (TPSA) is 43.1 Å². The van der Waals surface area contributed by atoms with Gasteiger partial charge in [-0.3, -0.25) is 10.1 Å². The minimum atomic E-state index is -0.356. The molecule has 2 aromatic rings. The second-order valence-electron chi connectivity index (χ2n) is 4.09. The van der Waals surface area contributed by atoms with Gasteiger partial charge in [-0.15, -0.1) is 0 Å². The van der Waals surface area contributed by atoms with Crippen LogP contribution in [0.15, 0.2) is 42.5 Å². The van der Waals surface area contributed by atoms with Crippen molar-refractivity contribution in [2.45, 2.75) is 13.3 Å². The summed E-state index contributed by atoms with van der Waals surface area (Å²) in [6, 6.07) is 12.7. The molecule has 0 aromatic heterocycles. The van der Waals surface area contributed by atoms with Crippen molar-refractivity contribution >= 4 is 17.3 Å². The highest BCUT2D eigenvalue weighted by Crippen LogP contribution is 2.25. The van der Waals surface area contributed by atoms with Gasteiger partial charge in [-0.1, -0.05) is 41.9 Å². The monoisotopic (exact) mass is 261 g/mol. The highest BCUT2D eigenvalue weighted by molar-refractivity contribution is 6.31. The molecule has 3 nitrogen and oxygen atoms in total. The first kappa shape index (κ1) is 12.6. The van der Waals surface area contributed by atoms with Crippen LogP contribution in [0.4, 0.5) is 5.69 Å². The van der Waals surface area contributed by atoms with Crippen molar-refractivity contribution < 1.29 is 4.92 Å². The Balaban J connectivity index is 2.39. The zero-order valence-corrected chi connectivity index (χ0v) is 10.6. The fourth-order valence-corrected chi connectivity index (χ4v) is 2.11. The summed E-state index contributed by atoms with van der Waals surface area (Å²) in [5, 5.41) is 11.6. The molecule has 0 N–H and O–H groups in total. The first-order valence-corrected chi connectivity index (χ1v) is 5.93. The standard InChI is InChI=1S/C14H12ClNO2/c1-10-11(6-4-8-14(10)16(17)18)9-12-5-2-3-7-13(12)15/h2-8H,9H2,1H3. The molecule has 0 fully saturated rings. The molecule has 0 amide bonds. The average molecular weight is 262 g/mol. The molecule has 0 radical (unpaired) electrons. The van der Waals surface area contributed by atoms with Crippen LogP contribution >= 0.6 is 11.6 Å². The number of nitro benzene ring substituents is 1. The second kappa shape index (κ2) is 5.19. The van der Waals surface area contributed by atoms with Crippen LogP contribution in [0.25, 0.3) is 0 Å². The van der Waals surface area contributed by atoms with Crippen LogP contribution < -0.4 is 0 Å². The van der Waals surface area contributed by atoms with Crippen molar-refractivity contribution in [1.29, 1.82) is 0 Å². The summed E-state index contributed by atoms with van der Waals surface area (Å²) < 4.78 is 0. The Morgan fingerprint density at radius 3 is 2.44 bits per heavy atom. The number of rotatable bonds is 3. The molecule has 0 atom stereocenters. The number of benzene rings is 2. The van der Waals surface area contributed by atoms with Crippen molar-refractivity contribution in [3.05, 3.63) is 74.3 Å². The normalized spacial score (nSPS) is 10.3. The summed E-state index contributed by atoms with van der Waals surface area (Å²) in [4.78, 5) is 10.5. The highest BCUT2D eigenvalue weighted by Gasteiger charge is 2.13. The van der Waals surface area contributed by atoms with E-state index < -0.39 is 0 Å². The smallest absolute Gasteiger partial charge is 0.258 e. The maximum absolute atomic E-state index is 10.9. The lowest BCUT2D eigenvalue weighted by Gasteiger charge is -2.07. The quantitative estimate of drug-likeness (QED) is 0.615. The van der Waals surface area contributed by atoms with Crippen molar-refractivity contribution in [1.82, 2.24) is 0 Å². The zero-order valence-electron chi connectivity index (χ0n) is 9.89.